The molecule has 2 aliphatic rings. The SMILES string of the molecule is Cc1cc(C(=O)NCC(O)C[C@@H]2OC(C/C=C/C3CCN(C(=O)OC(C)(C)C)C3)(C(=O)O)CCC2C)cc(C)c1O. The number of carboxylic acid groups (broad SMARTS) is 1. The molecule has 1 aromatic rings. The third-order valence-corrected chi connectivity index (χ3v) is 7.89. The standard InChI is InChI=1S/C31H46N2O8/c1-19-9-12-31(28(37)38,11-7-8-22-10-13-33(18-22)29(39)41-30(4,5)6)40-25(19)16-24(34)17-32-27(36)23-14-20(2)26(35)21(3)15-23/h7-8,14-15,19,22,24-25,34-35H,9-13,16-18H2,1-6H3,(H,32,36)(H,37,38)/b8-7+/t19?,22?,24?,25-,31?/m0/s1. The van der Waals surface area contributed by atoms with Crippen LogP contribution in [0.25, 0.3) is 0 Å². The van der Waals surface area contributed by atoms with Crippen LogP contribution in [0.2, 0.25) is 0 Å². The van der Waals surface area contributed by atoms with Gasteiger partial charge in [0.25, 0.3) is 5.91 Å². The van der Waals surface area contributed by atoms with Crippen molar-refractivity contribution in [3.8, 4) is 5.75 Å². The first kappa shape index (κ1) is 32.4. The molecule has 1 aromatic carbocycles. The summed E-state index contributed by atoms with van der Waals surface area (Å²) >= 11 is 0. The molecule has 0 radical (unpaired) electrons. The lowest BCUT2D eigenvalue weighted by Crippen LogP contribution is -2.51. The van der Waals surface area contributed by atoms with E-state index in [1.807, 2.05) is 39.8 Å². The number of aromatic hydroxyl groups is 1. The van der Waals surface area contributed by atoms with Crippen molar-refractivity contribution < 1.29 is 39.2 Å². The fourth-order valence-electron chi connectivity index (χ4n) is 5.43. The van der Waals surface area contributed by atoms with Crippen LogP contribution in [0, 0.1) is 25.7 Å². The number of hydrogen-bond acceptors (Lipinski definition) is 7. The maximum atomic E-state index is 12.6. The van der Waals surface area contributed by atoms with Gasteiger partial charge in [-0.1, -0.05) is 19.1 Å². The number of hydrogen-bond donors (Lipinski definition) is 4. The molecule has 10 heteroatoms. The number of nitrogens with zero attached hydrogens (tertiary/aromatic N) is 1. The molecule has 2 amide bonds. The van der Waals surface area contributed by atoms with Gasteiger partial charge in [-0.25, -0.2) is 9.59 Å². The van der Waals surface area contributed by atoms with Crippen molar-refractivity contribution in [1.29, 1.82) is 0 Å². The number of nitrogens with one attached hydrogen (secondary N) is 1. The fraction of sp³-hybridized carbons (Fsp3) is 0.645. The number of aliphatic hydroxyl groups excluding tert-OH is 1. The van der Waals surface area contributed by atoms with Crippen LogP contribution in [0.5, 0.6) is 5.75 Å². The van der Waals surface area contributed by atoms with E-state index in [2.05, 4.69) is 5.32 Å². The highest BCUT2D eigenvalue weighted by atomic mass is 16.6. The van der Waals surface area contributed by atoms with Gasteiger partial charge in [-0.3, -0.25) is 4.79 Å². The van der Waals surface area contributed by atoms with Gasteiger partial charge in [0.05, 0.1) is 12.2 Å². The molecule has 0 saturated carbocycles. The van der Waals surface area contributed by atoms with Gasteiger partial charge in [-0.2, -0.15) is 0 Å². The number of phenolic OH excluding ortho intramolecular Hbond substituents is 1. The van der Waals surface area contributed by atoms with Crippen LogP contribution in [0.4, 0.5) is 4.79 Å². The molecule has 4 N–H and O–H groups in total. The van der Waals surface area contributed by atoms with Crippen LogP contribution in [0.3, 0.4) is 0 Å². The largest absolute Gasteiger partial charge is 0.507 e. The van der Waals surface area contributed by atoms with E-state index in [4.69, 9.17) is 9.47 Å². The smallest absolute Gasteiger partial charge is 0.410 e. The molecule has 3 rings (SSSR count). The Bertz CT molecular complexity index is 1120. The number of aliphatic hydroxyl groups is 1. The van der Waals surface area contributed by atoms with Crippen molar-refractivity contribution in [2.45, 2.75) is 97.1 Å². The number of likely N-dealkylation sites (tertiary alicyclic amines) is 1. The van der Waals surface area contributed by atoms with Crippen molar-refractivity contribution in [2.75, 3.05) is 19.6 Å². The second kappa shape index (κ2) is 13.2. The second-order valence-electron chi connectivity index (χ2n) is 12.6. The first-order valence-electron chi connectivity index (χ1n) is 14.4. The molecule has 5 atom stereocenters. The van der Waals surface area contributed by atoms with Gasteiger partial charge < -0.3 is 35.0 Å². The second-order valence-corrected chi connectivity index (χ2v) is 12.6. The lowest BCUT2D eigenvalue weighted by Gasteiger charge is -2.41. The third kappa shape index (κ3) is 8.69. The number of aryl methyl sites for hydroxylation is 2. The van der Waals surface area contributed by atoms with Crippen LogP contribution in [0.15, 0.2) is 24.3 Å². The van der Waals surface area contributed by atoms with E-state index in [-0.39, 0.29) is 49.0 Å². The number of amides is 2. The minimum absolute atomic E-state index is 0.0137. The minimum Gasteiger partial charge on any atom is -0.507 e. The molecular formula is C31H46N2O8. The summed E-state index contributed by atoms with van der Waals surface area (Å²) in [6, 6.07) is 3.18. The molecule has 0 spiro atoms. The number of carboxylic acids is 1. The normalized spacial score (nSPS) is 25.7. The Labute approximate surface area is 242 Å². The molecule has 2 saturated heterocycles. The molecule has 2 heterocycles. The molecule has 2 fully saturated rings. The summed E-state index contributed by atoms with van der Waals surface area (Å²) in [5.74, 6) is -1.11. The summed E-state index contributed by atoms with van der Waals surface area (Å²) < 4.78 is 11.6. The molecule has 41 heavy (non-hydrogen) atoms. The Balaban J connectivity index is 1.55. The average Bonchev–Trinajstić information content (AvgIpc) is 3.35. The van der Waals surface area contributed by atoms with Crippen molar-refractivity contribution in [3.63, 3.8) is 0 Å². The number of ether oxygens (including phenoxy) is 2. The molecule has 0 aliphatic carbocycles. The van der Waals surface area contributed by atoms with E-state index in [0.29, 0.717) is 42.6 Å². The maximum Gasteiger partial charge on any atom is 0.410 e. The summed E-state index contributed by atoms with van der Waals surface area (Å²) in [6.45, 7) is 12.0. The topological polar surface area (TPSA) is 146 Å². The summed E-state index contributed by atoms with van der Waals surface area (Å²) in [7, 11) is 0. The first-order chi connectivity index (χ1) is 19.1. The quantitative estimate of drug-likeness (QED) is 0.319. The van der Waals surface area contributed by atoms with E-state index < -0.39 is 29.4 Å². The summed E-state index contributed by atoms with van der Waals surface area (Å²) in [5, 5.41) is 33.5. The number of phenols is 1. The number of rotatable bonds is 9. The molecular weight excluding hydrogens is 528 g/mol. The number of aliphatic carboxylic acids is 1. The fourth-order valence-corrected chi connectivity index (χ4v) is 5.43. The lowest BCUT2D eigenvalue weighted by atomic mass is 9.82. The lowest BCUT2D eigenvalue weighted by molar-refractivity contribution is -0.194. The van der Waals surface area contributed by atoms with E-state index >= 15 is 0 Å². The van der Waals surface area contributed by atoms with Crippen LogP contribution in [-0.2, 0) is 14.3 Å². The summed E-state index contributed by atoms with van der Waals surface area (Å²) in [5.41, 5.74) is -0.392. The minimum atomic E-state index is -1.40. The molecule has 0 bridgehead atoms. The van der Waals surface area contributed by atoms with Gasteiger partial charge in [-0.05, 0) is 89.0 Å². The van der Waals surface area contributed by atoms with Crippen LogP contribution in [-0.4, -0.2) is 81.2 Å². The highest BCUT2D eigenvalue weighted by molar-refractivity contribution is 5.94. The number of carbonyl (C=O) groups is 3. The molecule has 4 unspecified atom stereocenters. The number of carbonyl (C=O) groups excluding carboxylic acids is 2. The Morgan fingerprint density at radius 2 is 1.88 bits per heavy atom. The van der Waals surface area contributed by atoms with E-state index in [1.54, 1.807) is 30.9 Å². The van der Waals surface area contributed by atoms with Gasteiger partial charge in [-0.15, -0.1) is 0 Å². The molecule has 2 aliphatic heterocycles. The van der Waals surface area contributed by atoms with Gasteiger partial charge in [0, 0.05) is 38.0 Å². The summed E-state index contributed by atoms with van der Waals surface area (Å²) in [6.07, 6.45) is 4.16. The Morgan fingerprint density at radius 1 is 1.22 bits per heavy atom. The third-order valence-electron chi connectivity index (χ3n) is 7.89. The Morgan fingerprint density at radius 3 is 2.49 bits per heavy atom. The van der Waals surface area contributed by atoms with Gasteiger partial charge >= 0.3 is 12.1 Å². The highest BCUT2D eigenvalue weighted by Crippen LogP contribution is 2.37. The zero-order valence-corrected chi connectivity index (χ0v) is 25.1. The maximum absolute atomic E-state index is 12.6. The van der Waals surface area contributed by atoms with Crippen LogP contribution in [0.1, 0.15) is 81.3 Å². The molecule has 0 aromatic heterocycles. The Hall–Kier alpha value is -3.11. The van der Waals surface area contributed by atoms with Crippen molar-refractivity contribution in [2.24, 2.45) is 11.8 Å². The first-order valence-corrected chi connectivity index (χ1v) is 14.4. The molecule has 228 valence electrons. The highest BCUT2D eigenvalue weighted by Gasteiger charge is 2.46. The number of benzene rings is 1. The molecule has 10 nitrogen and oxygen atoms in total. The van der Waals surface area contributed by atoms with Crippen LogP contribution >= 0.6 is 0 Å². The Kier molecular flexibility index (Phi) is 10.5. The average molecular weight is 575 g/mol. The van der Waals surface area contributed by atoms with Crippen LogP contribution < -0.4 is 5.32 Å². The van der Waals surface area contributed by atoms with Gasteiger partial charge in [0.1, 0.15) is 11.4 Å². The van der Waals surface area contributed by atoms with E-state index in [9.17, 15) is 29.7 Å². The van der Waals surface area contributed by atoms with Crippen molar-refractivity contribution in [3.05, 3.63) is 41.0 Å². The summed E-state index contributed by atoms with van der Waals surface area (Å²) in [4.78, 5) is 39.0. The predicted molar refractivity (Wildman–Crippen MR) is 154 cm³/mol. The zero-order valence-electron chi connectivity index (χ0n) is 25.1. The van der Waals surface area contributed by atoms with Crippen molar-refractivity contribution in [1.82, 2.24) is 10.2 Å². The van der Waals surface area contributed by atoms with Gasteiger partial charge in [0.15, 0.2) is 5.60 Å². The monoisotopic (exact) mass is 574 g/mol. The predicted octanol–water partition coefficient (Wildman–Crippen LogP) is 4.33. The van der Waals surface area contributed by atoms with E-state index in [1.165, 1.54) is 0 Å². The zero-order chi connectivity index (χ0) is 30.5. The van der Waals surface area contributed by atoms with E-state index in [0.717, 1.165) is 6.42 Å². The van der Waals surface area contributed by atoms with Crippen molar-refractivity contribution >= 4 is 18.0 Å². The van der Waals surface area contributed by atoms with Gasteiger partial charge in [0.2, 0.25) is 0 Å².